The molecule has 7 heteroatoms. The van der Waals surface area contributed by atoms with Crippen LogP contribution in [0.5, 0.6) is 0 Å². The molecular formula is C14H19N3O2S2. The Bertz CT molecular complexity index is 655. The van der Waals surface area contributed by atoms with Gasteiger partial charge in [-0.1, -0.05) is 0 Å². The van der Waals surface area contributed by atoms with E-state index in [1.165, 1.54) is 17.6 Å². The van der Waals surface area contributed by atoms with Crippen LogP contribution in [0.25, 0.3) is 10.2 Å². The van der Waals surface area contributed by atoms with E-state index in [0.29, 0.717) is 17.9 Å². The summed E-state index contributed by atoms with van der Waals surface area (Å²) in [6.07, 6.45) is 0.416. The molecule has 1 N–H and O–H groups in total. The normalized spacial score (nSPS) is 10.9. The number of ether oxygens (including phenoxy) is 1. The molecule has 0 aliphatic heterocycles. The summed E-state index contributed by atoms with van der Waals surface area (Å²) < 4.78 is 4.62. The van der Waals surface area contributed by atoms with E-state index in [4.69, 9.17) is 0 Å². The lowest BCUT2D eigenvalue weighted by atomic mass is 10.2. The average molecular weight is 325 g/mol. The second-order valence-electron chi connectivity index (χ2n) is 4.58. The number of nitrogens with zero attached hydrogens (tertiary/aromatic N) is 2. The number of aromatic nitrogens is 2. The summed E-state index contributed by atoms with van der Waals surface area (Å²) in [7, 11) is 3.28. The second-order valence-corrected chi connectivity index (χ2v) is 6.89. The number of rotatable bonds is 6. The third-order valence-corrected chi connectivity index (χ3v) is 5.28. The van der Waals surface area contributed by atoms with Gasteiger partial charge >= 0.3 is 5.97 Å². The lowest BCUT2D eigenvalue weighted by molar-refractivity contribution is -0.140. The van der Waals surface area contributed by atoms with Crippen LogP contribution in [0.2, 0.25) is 0 Å². The van der Waals surface area contributed by atoms with Gasteiger partial charge in [-0.25, -0.2) is 9.97 Å². The van der Waals surface area contributed by atoms with Crippen molar-refractivity contribution in [3.05, 3.63) is 16.3 Å². The summed E-state index contributed by atoms with van der Waals surface area (Å²) in [5.41, 5.74) is 1.24. The Balaban J connectivity index is 2.12. The number of thioether (sulfide) groups is 1. The van der Waals surface area contributed by atoms with E-state index in [9.17, 15) is 4.79 Å². The number of carbonyl (C=O) groups excluding carboxylic acids is 1. The van der Waals surface area contributed by atoms with Crippen LogP contribution in [0.4, 0.5) is 5.82 Å². The van der Waals surface area contributed by atoms with Gasteiger partial charge in [-0.3, -0.25) is 4.79 Å². The number of aryl methyl sites for hydroxylation is 2. The third-order valence-electron chi connectivity index (χ3n) is 3.22. The van der Waals surface area contributed by atoms with E-state index >= 15 is 0 Å². The van der Waals surface area contributed by atoms with E-state index in [0.717, 1.165) is 21.9 Å². The van der Waals surface area contributed by atoms with Crippen molar-refractivity contribution >= 4 is 45.1 Å². The maximum atomic E-state index is 11.1. The molecule has 114 valence electrons. The van der Waals surface area contributed by atoms with Gasteiger partial charge in [0.1, 0.15) is 16.5 Å². The van der Waals surface area contributed by atoms with Crippen LogP contribution in [0, 0.1) is 13.8 Å². The second kappa shape index (κ2) is 7.09. The zero-order chi connectivity index (χ0) is 15.4. The van der Waals surface area contributed by atoms with Crippen LogP contribution < -0.4 is 5.32 Å². The Hall–Kier alpha value is -1.34. The topological polar surface area (TPSA) is 64.1 Å². The van der Waals surface area contributed by atoms with Gasteiger partial charge in [0.05, 0.1) is 24.7 Å². The minimum Gasteiger partial charge on any atom is -0.469 e. The van der Waals surface area contributed by atoms with E-state index in [1.54, 1.807) is 23.1 Å². The highest BCUT2D eigenvalue weighted by molar-refractivity contribution is 7.98. The molecule has 0 spiro atoms. The van der Waals surface area contributed by atoms with Crippen molar-refractivity contribution in [3.63, 3.8) is 0 Å². The number of methoxy groups -OCH3 is 1. The van der Waals surface area contributed by atoms with Gasteiger partial charge in [0, 0.05) is 17.7 Å². The lowest BCUT2D eigenvalue weighted by Gasteiger charge is -2.06. The van der Waals surface area contributed by atoms with Gasteiger partial charge < -0.3 is 10.1 Å². The van der Waals surface area contributed by atoms with E-state index < -0.39 is 0 Å². The molecule has 2 aromatic rings. The van der Waals surface area contributed by atoms with Crippen molar-refractivity contribution in [2.24, 2.45) is 0 Å². The average Bonchev–Trinajstić information content (AvgIpc) is 2.77. The van der Waals surface area contributed by atoms with Crippen LogP contribution in [-0.2, 0) is 15.3 Å². The molecule has 0 amide bonds. The van der Waals surface area contributed by atoms with Gasteiger partial charge in [0.25, 0.3) is 0 Å². The van der Waals surface area contributed by atoms with Gasteiger partial charge in [0.15, 0.2) is 0 Å². The van der Waals surface area contributed by atoms with Crippen molar-refractivity contribution < 1.29 is 9.53 Å². The first kappa shape index (κ1) is 16.0. The highest BCUT2D eigenvalue weighted by atomic mass is 32.2. The molecular weight excluding hydrogens is 306 g/mol. The van der Waals surface area contributed by atoms with Gasteiger partial charge in [-0.15, -0.1) is 11.3 Å². The number of carbonyl (C=O) groups is 1. The summed E-state index contributed by atoms with van der Waals surface area (Å²) in [5.74, 6) is 2.90. The molecule has 0 aliphatic carbocycles. The fourth-order valence-electron chi connectivity index (χ4n) is 1.96. The monoisotopic (exact) mass is 325 g/mol. The number of nitrogens with one attached hydrogen (secondary N) is 1. The maximum absolute atomic E-state index is 11.1. The Labute approximate surface area is 132 Å². The maximum Gasteiger partial charge on any atom is 0.306 e. The van der Waals surface area contributed by atoms with Gasteiger partial charge in [-0.05, 0) is 19.4 Å². The summed E-state index contributed by atoms with van der Waals surface area (Å²) in [6, 6.07) is 0. The fraction of sp³-hybridized carbons (Fsp3) is 0.500. The molecule has 2 rings (SSSR count). The Morgan fingerprint density at radius 1 is 1.38 bits per heavy atom. The summed E-state index contributed by atoms with van der Waals surface area (Å²) >= 11 is 3.34. The predicted octanol–water partition coefficient (Wildman–Crippen LogP) is 3.15. The number of thiophene rings is 1. The summed E-state index contributed by atoms with van der Waals surface area (Å²) in [6.45, 7) is 4.20. The highest BCUT2D eigenvalue weighted by Crippen LogP contribution is 2.33. The smallest absolute Gasteiger partial charge is 0.306 e. The zero-order valence-electron chi connectivity index (χ0n) is 12.6. The van der Waals surface area contributed by atoms with Crippen molar-refractivity contribution in [2.45, 2.75) is 26.0 Å². The van der Waals surface area contributed by atoms with Gasteiger partial charge in [0.2, 0.25) is 0 Å². The minimum atomic E-state index is -0.181. The first-order valence-corrected chi connectivity index (χ1v) is 8.62. The Kier molecular flexibility index (Phi) is 5.41. The molecule has 2 heterocycles. The Morgan fingerprint density at radius 3 is 2.81 bits per heavy atom. The SMILES string of the molecule is CNc1nc(CSCCC(=O)OC)nc2sc(C)c(C)c12. The molecule has 0 aromatic carbocycles. The van der Waals surface area contributed by atoms with E-state index in [1.807, 2.05) is 7.05 Å². The standard InChI is InChI=1S/C14H19N3O2S2/c1-8-9(2)21-14-12(8)13(15-3)16-10(17-14)7-20-6-5-11(18)19-4/h5-7H2,1-4H3,(H,15,16,17). The lowest BCUT2D eigenvalue weighted by Crippen LogP contribution is -2.03. The Morgan fingerprint density at radius 2 is 2.14 bits per heavy atom. The van der Waals surface area contributed by atoms with Gasteiger partial charge in [-0.2, -0.15) is 11.8 Å². The number of hydrogen-bond acceptors (Lipinski definition) is 7. The highest BCUT2D eigenvalue weighted by Gasteiger charge is 2.13. The number of esters is 1. The number of fused-ring (bicyclic) bond motifs is 1. The minimum absolute atomic E-state index is 0.181. The molecule has 0 radical (unpaired) electrons. The molecule has 0 atom stereocenters. The molecule has 0 bridgehead atoms. The van der Waals surface area contributed by atoms with Crippen LogP contribution in [0.1, 0.15) is 22.7 Å². The molecule has 0 unspecified atom stereocenters. The van der Waals surface area contributed by atoms with Crippen LogP contribution >= 0.6 is 23.1 Å². The number of anilines is 1. The van der Waals surface area contributed by atoms with Crippen molar-refractivity contribution in [1.29, 1.82) is 0 Å². The number of hydrogen-bond donors (Lipinski definition) is 1. The first-order valence-electron chi connectivity index (χ1n) is 6.65. The van der Waals surface area contributed by atoms with Crippen molar-refractivity contribution in [1.82, 2.24) is 9.97 Å². The molecule has 21 heavy (non-hydrogen) atoms. The fourth-order valence-corrected chi connectivity index (χ4v) is 3.78. The van der Waals surface area contributed by atoms with Crippen LogP contribution in [-0.4, -0.2) is 35.8 Å². The first-order chi connectivity index (χ1) is 10.1. The molecule has 0 saturated carbocycles. The van der Waals surface area contributed by atoms with E-state index in [2.05, 4.69) is 33.9 Å². The molecule has 0 saturated heterocycles. The van der Waals surface area contributed by atoms with Crippen LogP contribution in [0.3, 0.4) is 0 Å². The van der Waals surface area contributed by atoms with Crippen molar-refractivity contribution in [3.8, 4) is 0 Å². The molecule has 2 aromatic heterocycles. The zero-order valence-corrected chi connectivity index (χ0v) is 14.3. The largest absolute Gasteiger partial charge is 0.469 e. The molecule has 5 nitrogen and oxygen atoms in total. The quantitative estimate of drug-likeness (QED) is 0.650. The van der Waals surface area contributed by atoms with Crippen molar-refractivity contribution in [2.75, 3.05) is 25.2 Å². The van der Waals surface area contributed by atoms with E-state index in [-0.39, 0.29) is 5.97 Å². The molecule has 0 aliphatic rings. The summed E-state index contributed by atoms with van der Waals surface area (Å²) in [4.78, 5) is 22.6. The summed E-state index contributed by atoms with van der Waals surface area (Å²) in [5, 5.41) is 4.27. The predicted molar refractivity (Wildman–Crippen MR) is 89.2 cm³/mol. The third kappa shape index (κ3) is 3.65. The van der Waals surface area contributed by atoms with Crippen LogP contribution in [0.15, 0.2) is 0 Å². The molecule has 0 fully saturated rings.